The van der Waals surface area contributed by atoms with E-state index < -0.39 is 11.5 Å². The van der Waals surface area contributed by atoms with Crippen LogP contribution in [-0.2, 0) is 4.79 Å². The maximum absolute atomic E-state index is 11.4. The zero-order chi connectivity index (χ0) is 13.8. The Labute approximate surface area is 105 Å². The molecule has 0 aliphatic heterocycles. The summed E-state index contributed by atoms with van der Waals surface area (Å²) in [6.07, 6.45) is 0.592. The number of nitrogens with one attached hydrogen (secondary N) is 1. The van der Waals surface area contributed by atoms with Gasteiger partial charge in [0.2, 0.25) is 0 Å². The van der Waals surface area contributed by atoms with Crippen LogP contribution in [0.1, 0.15) is 48.0 Å². The standard InChI is InChI=1S/C13H28N2O2/c1-9(2)14-13(6,12(16)17)8-11(5)15(7)10(3)4/h9-11,14H,8H2,1-7H3,(H,16,17). The number of hydrogen-bond acceptors (Lipinski definition) is 3. The van der Waals surface area contributed by atoms with E-state index in [4.69, 9.17) is 0 Å². The van der Waals surface area contributed by atoms with Gasteiger partial charge in [-0.15, -0.1) is 0 Å². The summed E-state index contributed by atoms with van der Waals surface area (Å²) < 4.78 is 0. The Kier molecular flexibility index (Phi) is 6.13. The molecular formula is C13H28N2O2. The van der Waals surface area contributed by atoms with Gasteiger partial charge in [-0.1, -0.05) is 0 Å². The molecule has 0 bridgehead atoms. The molecule has 2 atom stereocenters. The number of carboxylic acid groups (broad SMARTS) is 1. The van der Waals surface area contributed by atoms with E-state index in [9.17, 15) is 9.90 Å². The third-order valence-corrected chi connectivity index (χ3v) is 3.29. The third-order valence-electron chi connectivity index (χ3n) is 3.29. The molecule has 0 aromatic carbocycles. The number of carboxylic acids is 1. The summed E-state index contributed by atoms with van der Waals surface area (Å²) in [5.74, 6) is -0.782. The van der Waals surface area contributed by atoms with Gasteiger partial charge in [0.15, 0.2) is 0 Å². The molecule has 17 heavy (non-hydrogen) atoms. The van der Waals surface area contributed by atoms with E-state index in [0.29, 0.717) is 12.5 Å². The first-order chi connectivity index (χ1) is 7.60. The molecule has 4 heteroatoms. The lowest BCUT2D eigenvalue weighted by Crippen LogP contribution is -2.55. The minimum Gasteiger partial charge on any atom is -0.480 e. The van der Waals surface area contributed by atoms with Crippen molar-refractivity contribution in [1.29, 1.82) is 0 Å². The van der Waals surface area contributed by atoms with Gasteiger partial charge in [-0.2, -0.15) is 0 Å². The molecule has 2 N–H and O–H groups in total. The highest BCUT2D eigenvalue weighted by molar-refractivity contribution is 5.78. The molecule has 0 fully saturated rings. The summed E-state index contributed by atoms with van der Waals surface area (Å²) in [6.45, 7) is 12.0. The van der Waals surface area contributed by atoms with E-state index in [2.05, 4.69) is 31.0 Å². The van der Waals surface area contributed by atoms with E-state index in [1.807, 2.05) is 20.9 Å². The number of hydrogen-bond donors (Lipinski definition) is 2. The molecule has 0 rings (SSSR count). The van der Waals surface area contributed by atoms with Crippen molar-refractivity contribution in [2.75, 3.05) is 7.05 Å². The monoisotopic (exact) mass is 244 g/mol. The van der Waals surface area contributed by atoms with Crippen LogP contribution in [0.5, 0.6) is 0 Å². The fourth-order valence-electron chi connectivity index (χ4n) is 2.09. The summed E-state index contributed by atoms with van der Waals surface area (Å²) in [7, 11) is 2.03. The predicted octanol–water partition coefficient (Wildman–Crippen LogP) is 1.95. The number of carbonyl (C=O) groups is 1. The Hall–Kier alpha value is -0.610. The van der Waals surface area contributed by atoms with Crippen LogP contribution in [0.3, 0.4) is 0 Å². The van der Waals surface area contributed by atoms with Crippen molar-refractivity contribution >= 4 is 5.97 Å². The van der Waals surface area contributed by atoms with Crippen LogP contribution in [-0.4, -0.2) is 46.7 Å². The Morgan fingerprint density at radius 2 is 1.76 bits per heavy atom. The van der Waals surface area contributed by atoms with Crippen LogP contribution in [0.2, 0.25) is 0 Å². The van der Waals surface area contributed by atoms with Crippen LogP contribution in [0.15, 0.2) is 0 Å². The van der Waals surface area contributed by atoms with E-state index in [0.717, 1.165) is 0 Å². The number of nitrogens with zero attached hydrogens (tertiary/aromatic N) is 1. The Morgan fingerprint density at radius 3 is 2.06 bits per heavy atom. The first kappa shape index (κ1) is 16.4. The molecule has 0 aromatic rings. The van der Waals surface area contributed by atoms with Crippen molar-refractivity contribution in [2.45, 2.75) is 71.6 Å². The average Bonchev–Trinajstić information content (AvgIpc) is 2.14. The predicted molar refractivity (Wildman–Crippen MR) is 71.3 cm³/mol. The van der Waals surface area contributed by atoms with Gasteiger partial charge in [0, 0.05) is 18.1 Å². The van der Waals surface area contributed by atoms with E-state index in [1.165, 1.54) is 0 Å². The summed E-state index contributed by atoms with van der Waals surface area (Å²) in [6, 6.07) is 0.803. The van der Waals surface area contributed by atoms with E-state index >= 15 is 0 Å². The van der Waals surface area contributed by atoms with Gasteiger partial charge >= 0.3 is 5.97 Å². The van der Waals surface area contributed by atoms with Crippen LogP contribution >= 0.6 is 0 Å². The molecule has 0 heterocycles. The fourth-order valence-corrected chi connectivity index (χ4v) is 2.09. The molecule has 0 aliphatic rings. The summed E-state index contributed by atoms with van der Waals surface area (Å²) >= 11 is 0. The van der Waals surface area contributed by atoms with Crippen LogP contribution in [0.25, 0.3) is 0 Å². The number of rotatable bonds is 7. The summed E-state index contributed by atoms with van der Waals surface area (Å²) in [4.78, 5) is 13.6. The van der Waals surface area contributed by atoms with Crippen molar-refractivity contribution in [2.24, 2.45) is 0 Å². The van der Waals surface area contributed by atoms with Crippen molar-refractivity contribution in [1.82, 2.24) is 10.2 Å². The van der Waals surface area contributed by atoms with Gasteiger partial charge in [-0.05, 0) is 55.0 Å². The second kappa shape index (κ2) is 6.36. The minimum atomic E-state index is -0.864. The van der Waals surface area contributed by atoms with Gasteiger partial charge in [0.05, 0.1) is 0 Å². The third kappa shape index (κ3) is 5.04. The lowest BCUT2D eigenvalue weighted by Gasteiger charge is -2.36. The van der Waals surface area contributed by atoms with E-state index in [1.54, 1.807) is 6.92 Å². The van der Waals surface area contributed by atoms with Gasteiger partial charge in [0.1, 0.15) is 5.54 Å². The van der Waals surface area contributed by atoms with Crippen molar-refractivity contribution in [3.8, 4) is 0 Å². The molecule has 0 saturated carbocycles. The molecule has 0 saturated heterocycles. The van der Waals surface area contributed by atoms with Gasteiger partial charge in [-0.25, -0.2) is 0 Å². The Balaban J connectivity index is 4.71. The maximum atomic E-state index is 11.4. The Morgan fingerprint density at radius 1 is 1.29 bits per heavy atom. The highest BCUT2D eigenvalue weighted by Crippen LogP contribution is 2.18. The Bertz CT molecular complexity index is 254. The quantitative estimate of drug-likeness (QED) is 0.718. The number of aliphatic carboxylic acids is 1. The normalized spacial score (nSPS) is 17.5. The van der Waals surface area contributed by atoms with Crippen LogP contribution in [0.4, 0.5) is 0 Å². The van der Waals surface area contributed by atoms with Crippen molar-refractivity contribution < 1.29 is 9.90 Å². The first-order valence-electron chi connectivity index (χ1n) is 6.33. The lowest BCUT2D eigenvalue weighted by molar-refractivity contribution is -0.145. The van der Waals surface area contributed by atoms with Crippen LogP contribution < -0.4 is 5.32 Å². The fraction of sp³-hybridized carbons (Fsp3) is 0.923. The maximum Gasteiger partial charge on any atom is 0.323 e. The van der Waals surface area contributed by atoms with Gasteiger partial charge in [-0.3, -0.25) is 10.1 Å². The second-order valence-electron chi connectivity index (χ2n) is 5.75. The average molecular weight is 244 g/mol. The highest BCUT2D eigenvalue weighted by Gasteiger charge is 2.36. The zero-order valence-corrected chi connectivity index (χ0v) is 12.2. The first-order valence-corrected chi connectivity index (χ1v) is 6.33. The smallest absolute Gasteiger partial charge is 0.323 e. The molecule has 0 aliphatic carbocycles. The molecular weight excluding hydrogens is 216 g/mol. The van der Waals surface area contributed by atoms with Crippen molar-refractivity contribution in [3.05, 3.63) is 0 Å². The highest BCUT2D eigenvalue weighted by atomic mass is 16.4. The van der Waals surface area contributed by atoms with Crippen molar-refractivity contribution in [3.63, 3.8) is 0 Å². The minimum absolute atomic E-state index is 0.160. The molecule has 0 amide bonds. The molecule has 2 unspecified atom stereocenters. The van der Waals surface area contributed by atoms with Crippen LogP contribution in [0, 0.1) is 0 Å². The topological polar surface area (TPSA) is 52.6 Å². The molecule has 0 radical (unpaired) electrons. The lowest BCUT2D eigenvalue weighted by atomic mass is 9.92. The van der Waals surface area contributed by atoms with Gasteiger partial charge < -0.3 is 10.0 Å². The van der Waals surface area contributed by atoms with Gasteiger partial charge in [0.25, 0.3) is 0 Å². The summed E-state index contributed by atoms with van der Waals surface area (Å²) in [5, 5.41) is 12.5. The zero-order valence-electron chi connectivity index (χ0n) is 12.2. The summed E-state index contributed by atoms with van der Waals surface area (Å²) in [5.41, 5.74) is -0.864. The SMILES string of the molecule is CC(C)NC(C)(CC(C)N(C)C(C)C)C(=O)O. The second-order valence-corrected chi connectivity index (χ2v) is 5.75. The molecule has 0 spiro atoms. The largest absolute Gasteiger partial charge is 0.480 e. The molecule has 102 valence electrons. The van der Waals surface area contributed by atoms with E-state index in [-0.39, 0.29) is 12.1 Å². The molecule has 0 aromatic heterocycles. The molecule has 4 nitrogen and oxygen atoms in total.